The molecule has 0 bridgehead atoms. The molecule has 1 aromatic carbocycles. The quantitative estimate of drug-likeness (QED) is 0.297. The summed E-state index contributed by atoms with van der Waals surface area (Å²) in [5, 5.41) is 15.0. The number of benzene rings is 1. The molecule has 3 N–H and O–H groups in total. The van der Waals surface area contributed by atoms with E-state index in [-0.39, 0.29) is 32.8 Å². The number of aliphatic hydroxyl groups is 1. The van der Waals surface area contributed by atoms with Crippen molar-refractivity contribution in [3.05, 3.63) is 35.9 Å². The van der Waals surface area contributed by atoms with E-state index in [2.05, 4.69) is 5.32 Å². The molecule has 0 unspecified atom stereocenters. The van der Waals surface area contributed by atoms with E-state index in [0.29, 0.717) is 0 Å². The number of alkyl halides is 3. The van der Waals surface area contributed by atoms with Gasteiger partial charge in [-0.2, -0.15) is 13.2 Å². The lowest BCUT2D eigenvalue weighted by Gasteiger charge is -2.44. The van der Waals surface area contributed by atoms with Gasteiger partial charge in [-0.05, 0) is 12.0 Å². The lowest BCUT2D eigenvalue weighted by Crippen LogP contribution is -2.65. The number of nitrogens with one attached hydrogen (secondary N) is 2. The van der Waals surface area contributed by atoms with Gasteiger partial charge in [-0.15, -0.1) is 0 Å². The van der Waals surface area contributed by atoms with Gasteiger partial charge in [0.25, 0.3) is 0 Å². The minimum Gasteiger partial charge on any atom is -0.457 e. The van der Waals surface area contributed by atoms with Crippen LogP contribution in [0.1, 0.15) is 25.8 Å². The first kappa shape index (κ1) is 28.5. The molecular formula is C22H29F3N2O8. The average molecular weight is 506 g/mol. The first-order chi connectivity index (χ1) is 16.5. The Bertz CT molecular complexity index is 840. The predicted octanol–water partition coefficient (Wildman–Crippen LogP) is 0.811. The van der Waals surface area contributed by atoms with Crippen molar-refractivity contribution in [2.24, 2.45) is 0 Å². The molecule has 1 aromatic rings. The summed E-state index contributed by atoms with van der Waals surface area (Å²) in [6.45, 7) is 1.95. The van der Waals surface area contributed by atoms with Crippen molar-refractivity contribution in [1.29, 1.82) is 0 Å². The van der Waals surface area contributed by atoms with Crippen molar-refractivity contribution in [1.82, 2.24) is 10.6 Å². The minimum atomic E-state index is -5.00. The van der Waals surface area contributed by atoms with Gasteiger partial charge >= 0.3 is 18.1 Å². The molecule has 1 heterocycles. The summed E-state index contributed by atoms with van der Waals surface area (Å²) in [6.07, 6.45) is -9.87. The van der Waals surface area contributed by atoms with Crippen LogP contribution >= 0.6 is 0 Å². The van der Waals surface area contributed by atoms with E-state index < -0.39 is 54.6 Å². The molecule has 0 radical (unpaired) electrons. The molecule has 13 heteroatoms. The number of hydrogen-bond donors (Lipinski definition) is 3. The molecule has 2 rings (SSSR count). The van der Waals surface area contributed by atoms with E-state index in [0.717, 1.165) is 12.5 Å². The molecule has 10 nitrogen and oxygen atoms in total. The van der Waals surface area contributed by atoms with Gasteiger partial charge in [0, 0.05) is 20.4 Å². The number of rotatable bonds is 11. The van der Waals surface area contributed by atoms with Gasteiger partial charge in [0.1, 0.15) is 18.2 Å². The summed E-state index contributed by atoms with van der Waals surface area (Å²) in [5.74, 6) is -3.31. The van der Waals surface area contributed by atoms with Crippen LogP contribution in [0.5, 0.6) is 0 Å². The number of esters is 1. The van der Waals surface area contributed by atoms with Crippen molar-refractivity contribution in [3.63, 3.8) is 0 Å². The molecule has 0 aliphatic carbocycles. The summed E-state index contributed by atoms with van der Waals surface area (Å²) in [7, 11) is 0. The number of halogens is 3. The minimum absolute atomic E-state index is 0.00949. The van der Waals surface area contributed by atoms with Crippen LogP contribution in [0.25, 0.3) is 0 Å². The molecule has 1 saturated heterocycles. The van der Waals surface area contributed by atoms with E-state index in [1.807, 2.05) is 30.3 Å². The smallest absolute Gasteiger partial charge is 0.457 e. The SMILES string of the molecule is CC(=O)N[C@H]1[C@H](OCCCNC(=O)C(F)(F)F)O[C@H](COCc2ccccc2)[C@@H](O)[C@@H]1OC(C)=O. The molecule has 2 amide bonds. The Morgan fingerprint density at radius 2 is 1.83 bits per heavy atom. The second kappa shape index (κ2) is 13.4. The van der Waals surface area contributed by atoms with Gasteiger partial charge in [-0.1, -0.05) is 30.3 Å². The normalized spacial score (nSPS) is 24.5. The topological polar surface area (TPSA) is 132 Å². The van der Waals surface area contributed by atoms with Crippen LogP contribution in [0.15, 0.2) is 30.3 Å². The first-order valence-electron chi connectivity index (χ1n) is 10.8. The number of carbonyl (C=O) groups excluding carboxylic acids is 3. The monoisotopic (exact) mass is 506 g/mol. The van der Waals surface area contributed by atoms with E-state index in [1.165, 1.54) is 6.92 Å². The first-order valence-corrected chi connectivity index (χ1v) is 10.8. The Morgan fingerprint density at radius 3 is 2.43 bits per heavy atom. The number of ether oxygens (including phenoxy) is 4. The van der Waals surface area contributed by atoms with Gasteiger partial charge in [0.2, 0.25) is 5.91 Å². The molecule has 0 spiro atoms. The summed E-state index contributed by atoms with van der Waals surface area (Å²) in [4.78, 5) is 34.3. The number of aliphatic hydroxyl groups excluding tert-OH is 1. The Kier molecular flexibility index (Phi) is 10.9. The second-order valence-corrected chi connectivity index (χ2v) is 7.81. The summed E-state index contributed by atoms with van der Waals surface area (Å²) in [6, 6.07) is 8.09. The number of hydrogen-bond acceptors (Lipinski definition) is 8. The molecular weight excluding hydrogens is 477 g/mol. The van der Waals surface area contributed by atoms with E-state index in [9.17, 15) is 32.7 Å². The molecule has 0 aromatic heterocycles. The summed E-state index contributed by atoms with van der Waals surface area (Å²) >= 11 is 0. The third kappa shape index (κ3) is 9.43. The highest BCUT2D eigenvalue weighted by Gasteiger charge is 2.48. The fraction of sp³-hybridized carbons (Fsp3) is 0.591. The highest BCUT2D eigenvalue weighted by molar-refractivity contribution is 5.81. The van der Waals surface area contributed by atoms with Crippen molar-refractivity contribution in [2.45, 2.75) is 63.7 Å². The van der Waals surface area contributed by atoms with Gasteiger partial charge in [0.05, 0.1) is 19.8 Å². The van der Waals surface area contributed by atoms with Crippen LogP contribution in [-0.4, -0.2) is 79.5 Å². The highest BCUT2D eigenvalue weighted by Crippen LogP contribution is 2.26. The van der Waals surface area contributed by atoms with Crippen LogP contribution in [0.2, 0.25) is 0 Å². The average Bonchev–Trinajstić information content (AvgIpc) is 2.77. The zero-order chi connectivity index (χ0) is 26.0. The van der Waals surface area contributed by atoms with E-state index in [4.69, 9.17) is 18.9 Å². The Hall–Kier alpha value is -2.74. The van der Waals surface area contributed by atoms with Gasteiger partial charge in [0.15, 0.2) is 12.4 Å². The Morgan fingerprint density at radius 1 is 1.14 bits per heavy atom. The van der Waals surface area contributed by atoms with Crippen LogP contribution in [0, 0.1) is 0 Å². The highest BCUT2D eigenvalue weighted by atomic mass is 19.4. The summed E-state index contributed by atoms with van der Waals surface area (Å²) < 4.78 is 59.1. The van der Waals surface area contributed by atoms with Crippen LogP contribution < -0.4 is 10.6 Å². The zero-order valence-corrected chi connectivity index (χ0v) is 19.2. The molecule has 5 atom stereocenters. The lowest BCUT2D eigenvalue weighted by molar-refractivity contribution is -0.276. The predicted molar refractivity (Wildman–Crippen MR) is 114 cm³/mol. The maximum Gasteiger partial charge on any atom is 0.471 e. The zero-order valence-electron chi connectivity index (χ0n) is 19.2. The maximum atomic E-state index is 12.3. The molecule has 0 saturated carbocycles. The van der Waals surface area contributed by atoms with Gasteiger partial charge in [-0.25, -0.2) is 0 Å². The van der Waals surface area contributed by atoms with Gasteiger partial charge in [-0.3, -0.25) is 14.4 Å². The van der Waals surface area contributed by atoms with Crippen molar-refractivity contribution in [2.75, 3.05) is 19.8 Å². The largest absolute Gasteiger partial charge is 0.471 e. The maximum absolute atomic E-state index is 12.3. The fourth-order valence-corrected chi connectivity index (χ4v) is 3.36. The number of amides is 2. The van der Waals surface area contributed by atoms with E-state index in [1.54, 1.807) is 5.32 Å². The third-order valence-electron chi connectivity index (χ3n) is 4.89. The third-order valence-corrected chi connectivity index (χ3v) is 4.89. The summed E-state index contributed by atoms with van der Waals surface area (Å²) in [5.41, 5.74) is 0.874. The lowest BCUT2D eigenvalue weighted by atomic mass is 9.96. The van der Waals surface area contributed by atoms with Crippen LogP contribution in [0.4, 0.5) is 13.2 Å². The fourth-order valence-electron chi connectivity index (χ4n) is 3.36. The Balaban J connectivity index is 2.03. The molecule has 35 heavy (non-hydrogen) atoms. The molecule has 1 fully saturated rings. The van der Waals surface area contributed by atoms with Crippen LogP contribution in [0.3, 0.4) is 0 Å². The van der Waals surface area contributed by atoms with Crippen molar-refractivity contribution >= 4 is 17.8 Å². The standard InChI is InChI=1S/C22H29F3N2O8/c1-13(28)27-17-19(34-14(2)29)18(30)16(12-32-11-15-7-4-3-5-8-15)35-20(17)33-10-6-9-26-21(31)22(23,24)25/h3-5,7-8,16-20,30H,6,9-12H2,1-2H3,(H,26,31)(H,27,28)/t16-,17-,18-,19-,20-/m1/s1. The second-order valence-electron chi connectivity index (χ2n) is 7.81. The Labute approximate surface area is 200 Å². The molecule has 1 aliphatic heterocycles. The molecule has 196 valence electrons. The van der Waals surface area contributed by atoms with Crippen molar-refractivity contribution < 1.29 is 51.6 Å². The van der Waals surface area contributed by atoms with Crippen molar-refractivity contribution in [3.8, 4) is 0 Å². The van der Waals surface area contributed by atoms with Gasteiger partial charge < -0.3 is 34.7 Å². The van der Waals surface area contributed by atoms with E-state index >= 15 is 0 Å². The number of carbonyl (C=O) groups is 3. The molecule has 1 aliphatic rings. The van der Waals surface area contributed by atoms with Crippen LogP contribution in [-0.2, 0) is 39.9 Å².